The molecule has 2 aromatic carbocycles. The molecule has 0 spiro atoms. The number of imidazole rings is 1. The molecule has 6 heteroatoms. The summed E-state index contributed by atoms with van der Waals surface area (Å²) in [5, 5.41) is 0. The minimum atomic E-state index is -0.0152. The van der Waals surface area contributed by atoms with Gasteiger partial charge in [0.2, 0.25) is 5.91 Å². The lowest BCUT2D eigenvalue weighted by Crippen LogP contribution is -2.32. The number of benzene rings is 2. The molecule has 0 radical (unpaired) electrons. The SMILES string of the molecule is COc1cccc(-c2cnc([C@@H]3CCCN3C(=O)CCOc3ccccc3)[nH]2)c1. The van der Waals surface area contributed by atoms with E-state index in [1.807, 2.05) is 65.7 Å². The number of para-hydroxylation sites is 1. The smallest absolute Gasteiger partial charge is 0.226 e. The van der Waals surface area contributed by atoms with Crippen LogP contribution in [0.2, 0.25) is 0 Å². The minimum absolute atomic E-state index is 0.0152. The Morgan fingerprint density at radius 2 is 2.00 bits per heavy atom. The molecule has 0 unspecified atom stereocenters. The highest BCUT2D eigenvalue weighted by Gasteiger charge is 2.31. The lowest BCUT2D eigenvalue weighted by Gasteiger charge is -2.23. The summed E-state index contributed by atoms with van der Waals surface area (Å²) >= 11 is 0. The predicted molar refractivity (Wildman–Crippen MR) is 111 cm³/mol. The van der Waals surface area contributed by atoms with Crippen LogP contribution >= 0.6 is 0 Å². The van der Waals surface area contributed by atoms with Crippen molar-refractivity contribution in [1.29, 1.82) is 0 Å². The first-order valence-electron chi connectivity index (χ1n) is 9.91. The Kier molecular flexibility index (Phi) is 5.79. The van der Waals surface area contributed by atoms with E-state index in [1.54, 1.807) is 7.11 Å². The number of nitrogens with one attached hydrogen (secondary N) is 1. The number of H-pyrrole nitrogens is 1. The number of amides is 1. The standard InChI is InChI=1S/C23H25N3O3/c1-28-19-10-5-7-17(15-19)20-16-24-23(25-20)21-11-6-13-26(21)22(27)12-14-29-18-8-3-2-4-9-18/h2-5,7-10,15-16,21H,6,11-14H2,1H3,(H,24,25)/t21-/m0/s1. The van der Waals surface area contributed by atoms with Crippen molar-refractivity contribution in [3.05, 3.63) is 66.6 Å². The molecule has 1 aliphatic rings. The van der Waals surface area contributed by atoms with E-state index in [2.05, 4.69) is 9.97 Å². The number of methoxy groups -OCH3 is 1. The van der Waals surface area contributed by atoms with Crippen LogP contribution in [0, 0.1) is 0 Å². The molecule has 6 nitrogen and oxygen atoms in total. The Labute approximate surface area is 170 Å². The summed E-state index contributed by atoms with van der Waals surface area (Å²) in [6.45, 7) is 1.13. The Morgan fingerprint density at radius 1 is 1.17 bits per heavy atom. The van der Waals surface area contributed by atoms with Crippen molar-refractivity contribution in [1.82, 2.24) is 14.9 Å². The van der Waals surface area contributed by atoms with Crippen molar-refractivity contribution in [2.75, 3.05) is 20.3 Å². The molecule has 2 heterocycles. The van der Waals surface area contributed by atoms with Gasteiger partial charge < -0.3 is 19.4 Å². The van der Waals surface area contributed by atoms with Gasteiger partial charge in [0.1, 0.15) is 17.3 Å². The topological polar surface area (TPSA) is 67.4 Å². The highest BCUT2D eigenvalue weighted by molar-refractivity contribution is 5.77. The van der Waals surface area contributed by atoms with Crippen LogP contribution in [0.25, 0.3) is 11.3 Å². The van der Waals surface area contributed by atoms with Crippen LogP contribution in [-0.4, -0.2) is 41.0 Å². The summed E-state index contributed by atoms with van der Waals surface area (Å²) in [6, 6.07) is 17.4. The minimum Gasteiger partial charge on any atom is -0.497 e. The molecule has 1 fully saturated rings. The van der Waals surface area contributed by atoms with Gasteiger partial charge in [-0.15, -0.1) is 0 Å². The van der Waals surface area contributed by atoms with E-state index in [-0.39, 0.29) is 11.9 Å². The van der Waals surface area contributed by atoms with Crippen LogP contribution in [-0.2, 0) is 4.79 Å². The number of carbonyl (C=O) groups excluding carboxylic acids is 1. The summed E-state index contributed by atoms with van der Waals surface area (Å²) < 4.78 is 11.0. The van der Waals surface area contributed by atoms with Crippen molar-refractivity contribution in [2.45, 2.75) is 25.3 Å². The summed E-state index contributed by atoms with van der Waals surface area (Å²) in [7, 11) is 1.65. The molecular formula is C23H25N3O3. The van der Waals surface area contributed by atoms with E-state index in [9.17, 15) is 4.79 Å². The Bertz CT molecular complexity index is 955. The van der Waals surface area contributed by atoms with Crippen LogP contribution < -0.4 is 9.47 Å². The average Bonchev–Trinajstić information content (AvgIpc) is 3.44. The lowest BCUT2D eigenvalue weighted by molar-refractivity contribution is -0.132. The van der Waals surface area contributed by atoms with Crippen LogP contribution in [0.5, 0.6) is 11.5 Å². The van der Waals surface area contributed by atoms with E-state index in [4.69, 9.17) is 9.47 Å². The van der Waals surface area contributed by atoms with Gasteiger partial charge in [-0.1, -0.05) is 30.3 Å². The van der Waals surface area contributed by atoms with Crippen LogP contribution in [0.4, 0.5) is 0 Å². The molecule has 1 amide bonds. The summed E-state index contributed by atoms with van der Waals surface area (Å²) in [6.07, 6.45) is 4.07. The quantitative estimate of drug-likeness (QED) is 0.655. The molecule has 4 rings (SSSR count). The fraction of sp³-hybridized carbons (Fsp3) is 0.304. The van der Waals surface area contributed by atoms with Gasteiger partial charge in [0.05, 0.1) is 38.1 Å². The number of carbonyl (C=O) groups is 1. The number of likely N-dealkylation sites (tertiary alicyclic amines) is 1. The fourth-order valence-electron chi connectivity index (χ4n) is 3.71. The van der Waals surface area contributed by atoms with Gasteiger partial charge in [0.25, 0.3) is 0 Å². The van der Waals surface area contributed by atoms with E-state index in [0.29, 0.717) is 13.0 Å². The predicted octanol–water partition coefficient (Wildman–Crippen LogP) is 4.22. The second kappa shape index (κ2) is 8.82. The van der Waals surface area contributed by atoms with E-state index < -0.39 is 0 Å². The van der Waals surface area contributed by atoms with Gasteiger partial charge in [-0.25, -0.2) is 4.98 Å². The van der Waals surface area contributed by atoms with Crippen molar-refractivity contribution >= 4 is 5.91 Å². The van der Waals surface area contributed by atoms with Crippen molar-refractivity contribution in [3.8, 4) is 22.8 Å². The molecule has 1 atom stereocenters. The van der Waals surface area contributed by atoms with Gasteiger partial charge in [-0.05, 0) is 37.1 Å². The number of ether oxygens (including phenoxy) is 2. The molecule has 150 valence electrons. The number of rotatable bonds is 7. The molecule has 1 aromatic heterocycles. The number of nitrogens with zero attached hydrogens (tertiary/aromatic N) is 2. The summed E-state index contributed by atoms with van der Waals surface area (Å²) in [5.41, 5.74) is 1.93. The zero-order valence-corrected chi connectivity index (χ0v) is 16.5. The van der Waals surface area contributed by atoms with Crippen LogP contribution in [0.1, 0.15) is 31.1 Å². The Morgan fingerprint density at radius 3 is 2.83 bits per heavy atom. The maximum absolute atomic E-state index is 12.8. The first kappa shape index (κ1) is 19.1. The molecule has 0 aliphatic carbocycles. The molecule has 0 bridgehead atoms. The maximum Gasteiger partial charge on any atom is 0.226 e. The Hall–Kier alpha value is -3.28. The monoisotopic (exact) mass is 391 g/mol. The summed E-state index contributed by atoms with van der Waals surface area (Å²) in [4.78, 5) is 22.7. The van der Waals surface area contributed by atoms with Crippen molar-refractivity contribution in [3.63, 3.8) is 0 Å². The van der Waals surface area contributed by atoms with Crippen molar-refractivity contribution < 1.29 is 14.3 Å². The number of hydrogen-bond acceptors (Lipinski definition) is 4. The first-order chi connectivity index (χ1) is 14.2. The van der Waals surface area contributed by atoms with Crippen molar-refractivity contribution in [2.24, 2.45) is 0 Å². The normalized spacial score (nSPS) is 16.0. The molecule has 1 aliphatic heterocycles. The average molecular weight is 391 g/mol. The van der Waals surface area contributed by atoms with E-state index >= 15 is 0 Å². The molecule has 1 N–H and O–H groups in total. The number of hydrogen-bond donors (Lipinski definition) is 1. The van der Waals surface area contributed by atoms with Crippen LogP contribution in [0.15, 0.2) is 60.8 Å². The van der Waals surface area contributed by atoms with Gasteiger partial charge in [0.15, 0.2) is 0 Å². The van der Waals surface area contributed by atoms with Gasteiger partial charge in [-0.3, -0.25) is 4.79 Å². The summed E-state index contributed by atoms with van der Waals surface area (Å²) in [5.74, 6) is 2.52. The molecular weight excluding hydrogens is 366 g/mol. The lowest BCUT2D eigenvalue weighted by atomic mass is 10.1. The largest absolute Gasteiger partial charge is 0.497 e. The third-order valence-electron chi connectivity index (χ3n) is 5.19. The zero-order valence-electron chi connectivity index (χ0n) is 16.5. The first-order valence-corrected chi connectivity index (χ1v) is 9.91. The highest BCUT2D eigenvalue weighted by atomic mass is 16.5. The van der Waals surface area contributed by atoms with E-state index in [0.717, 1.165) is 48.0 Å². The van der Waals surface area contributed by atoms with Gasteiger partial charge in [-0.2, -0.15) is 0 Å². The highest BCUT2D eigenvalue weighted by Crippen LogP contribution is 2.32. The molecule has 1 saturated heterocycles. The third kappa shape index (κ3) is 4.42. The third-order valence-corrected chi connectivity index (χ3v) is 5.19. The second-order valence-corrected chi connectivity index (χ2v) is 7.07. The number of aromatic nitrogens is 2. The number of aromatic amines is 1. The molecule has 3 aromatic rings. The van der Waals surface area contributed by atoms with E-state index in [1.165, 1.54) is 0 Å². The maximum atomic E-state index is 12.8. The molecule has 0 saturated carbocycles. The second-order valence-electron chi connectivity index (χ2n) is 7.07. The van der Waals surface area contributed by atoms with Gasteiger partial charge in [0, 0.05) is 12.1 Å². The van der Waals surface area contributed by atoms with Crippen LogP contribution in [0.3, 0.4) is 0 Å². The van der Waals surface area contributed by atoms with Gasteiger partial charge >= 0.3 is 0 Å². The Balaban J connectivity index is 1.40. The zero-order chi connectivity index (χ0) is 20.1. The fourth-order valence-corrected chi connectivity index (χ4v) is 3.71. The molecule has 29 heavy (non-hydrogen) atoms.